The third-order valence-corrected chi connectivity index (χ3v) is 12.5. The molecule has 1 rings (SSSR count). The van der Waals surface area contributed by atoms with Gasteiger partial charge < -0.3 is 0 Å². The Bertz CT molecular complexity index is 490. The van der Waals surface area contributed by atoms with Gasteiger partial charge in [-0.15, -0.1) is 4.91 Å². The zero-order valence-electron chi connectivity index (χ0n) is 16.3. The van der Waals surface area contributed by atoms with Gasteiger partial charge in [0.15, 0.2) is 0 Å². The molecule has 0 aromatic carbocycles. The molecule has 0 aromatic heterocycles. The van der Waals surface area contributed by atoms with Gasteiger partial charge in [-0.05, 0) is 0 Å². The number of alkyl halides is 2. The Hall–Kier alpha value is -0.0200. The van der Waals surface area contributed by atoms with Crippen LogP contribution in [0.15, 0.2) is 9.16 Å². The van der Waals surface area contributed by atoms with Crippen molar-refractivity contribution < 1.29 is 15.0 Å². The summed E-state index contributed by atoms with van der Waals surface area (Å²) in [7, 11) is 1.92. The monoisotopic (exact) mass is 550 g/mol. The van der Waals surface area contributed by atoms with E-state index < -0.39 is 38.3 Å². The minimum atomic E-state index is -1.56. The van der Waals surface area contributed by atoms with E-state index in [4.69, 9.17) is 0 Å². The van der Waals surface area contributed by atoms with Gasteiger partial charge >= 0.3 is 174 Å². The number of likely N-dealkylation sites (tertiary alicyclic amines) is 1. The van der Waals surface area contributed by atoms with Crippen molar-refractivity contribution in [2.75, 3.05) is 23.8 Å². The Kier molecular flexibility index (Phi) is 13.8. The third kappa shape index (κ3) is 8.38. The van der Waals surface area contributed by atoms with Crippen LogP contribution >= 0.6 is 44.0 Å². The maximum atomic E-state index is 11.8. The van der Waals surface area contributed by atoms with Crippen molar-refractivity contribution in [1.82, 2.24) is 8.43 Å². The molecule has 1 saturated heterocycles. The van der Waals surface area contributed by atoms with Gasteiger partial charge in [0.1, 0.15) is 0 Å². The molecule has 0 aliphatic carbocycles. The molecule has 0 aromatic rings. The summed E-state index contributed by atoms with van der Waals surface area (Å²) >= 11 is 0.369. The van der Waals surface area contributed by atoms with E-state index in [2.05, 4.69) is 19.6 Å². The number of aliphatic hydroxyl groups is 1. The fourth-order valence-corrected chi connectivity index (χ4v) is 10.1. The number of carboxylic acids is 1. The van der Waals surface area contributed by atoms with Crippen LogP contribution in [0.1, 0.15) is 45.4 Å². The van der Waals surface area contributed by atoms with Crippen LogP contribution in [0.3, 0.4) is 0 Å². The second-order valence-electron chi connectivity index (χ2n) is 6.44. The quantitative estimate of drug-likeness (QED) is 0.0658. The number of carbonyl (C=O) groups is 1. The molecule has 0 bridgehead atoms. The van der Waals surface area contributed by atoms with Crippen molar-refractivity contribution in [2.24, 2.45) is 9.16 Å². The van der Waals surface area contributed by atoms with Gasteiger partial charge in [-0.1, -0.05) is 0 Å². The van der Waals surface area contributed by atoms with E-state index in [-0.39, 0.29) is 9.17 Å². The molecule has 4 unspecified atom stereocenters. The molecular formula is C16H31IN4O5S2. The number of nitroso groups, excluding NO2 is 2. The molecule has 164 valence electrons. The first kappa shape index (κ1) is 26.0. The fraction of sp³-hybridized carbons (Fsp3) is 0.938. The van der Waals surface area contributed by atoms with Gasteiger partial charge in [0, 0.05) is 4.58 Å². The molecule has 12 heteroatoms. The summed E-state index contributed by atoms with van der Waals surface area (Å²) in [6.45, 7) is 2.72. The summed E-state index contributed by atoms with van der Waals surface area (Å²) in [6, 6.07) is -0.608. The molecule has 9 nitrogen and oxygen atoms in total. The van der Waals surface area contributed by atoms with E-state index in [9.17, 15) is 24.8 Å². The number of halogens is 1. The Labute approximate surface area is 182 Å². The summed E-state index contributed by atoms with van der Waals surface area (Å²) in [5.74, 6) is -0.286. The fourth-order valence-electron chi connectivity index (χ4n) is 3.55. The van der Waals surface area contributed by atoms with E-state index in [1.54, 1.807) is 4.90 Å². The maximum absolute atomic E-state index is 11.8. The number of unbranched alkanes of at least 4 members (excludes halogenated alkanes) is 1. The van der Waals surface area contributed by atoms with E-state index in [0.29, 0.717) is 25.1 Å². The van der Waals surface area contributed by atoms with E-state index in [1.807, 2.05) is 7.05 Å². The van der Waals surface area contributed by atoms with Gasteiger partial charge in [-0.3, -0.25) is 0 Å². The van der Waals surface area contributed by atoms with Gasteiger partial charge in [-0.2, -0.15) is 0 Å². The summed E-state index contributed by atoms with van der Waals surface area (Å²) in [6.07, 6.45) is 3.56. The number of nitrogens with zero attached hydrogens (tertiary/aromatic N) is 3. The van der Waals surface area contributed by atoms with Crippen LogP contribution in [0.2, 0.25) is 0 Å². The molecule has 1 fully saturated rings. The predicted molar refractivity (Wildman–Crippen MR) is 125 cm³/mol. The molecule has 0 spiro atoms. The number of hydrogen-bond acceptors (Lipinski definition) is 10. The average molecular weight is 550 g/mol. The second-order valence-corrected chi connectivity index (χ2v) is 14.8. The van der Waals surface area contributed by atoms with Crippen LogP contribution in [-0.4, -0.2) is 66.3 Å². The number of rotatable bonds is 16. The van der Waals surface area contributed by atoms with Crippen molar-refractivity contribution in [3.8, 4) is 0 Å². The van der Waals surface area contributed by atoms with Crippen LogP contribution < -0.4 is 3.53 Å². The van der Waals surface area contributed by atoms with Gasteiger partial charge in [0.25, 0.3) is 0 Å². The van der Waals surface area contributed by atoms with Crippen molar-refractivity contribution in [2.45, 2.75) is 66.9 Å². The third-order valence-electron chi connectivity index (χ3n) is 4.88. The summed E-state index contributed by atoms with van der Waals surface area (Å²) < 4.78 is 10.1. The van der Waals surface area contributed by atoms with E-state index >= 15 is 0 Å². The van der Waals surface area contributed by atoms with Crippen LogP contribution in [0.25, 0.3) is 0 Å². The number of aliphatic carboxylic acids is 1. The minimum absolute atomic E-state index is 0.0412. The molecule has 3 N–H and O–H groups in total. The first-order valence-electron chi connectivity index (χ1n) is 9.41. The van der Waals surface area contributed by atoms with Crippen LogP contribution in [-0.2, 0) is 4.79 Å². The number of nitrogens with one attached hydrogen (secondary N) is 1. The molecule has 1 aliphatic rings. The first-order chi connectivity index (χ1) is 13.5. The summed E-state index contributed by atoms with van der Waals surface area (Å²) in [5.41, 5.74) is 0. The predicted octanol–water partition coefficient (Wildman–Crippen LogP) is 3.64. The zero-order chi connectivity index (χ0) is 20.9. The van der Waals surface area contributed by atoms with Crippen LogP contribution in [0.5, 0.6) is 0 Å². The molecular weight excluding hydrogens is 519 g/mol. The topological polar surface area (TPSA) is 132 Å². The number of hydrogen-bond donors (Lipinski definition) is 3. The Morgan fingerprint density at radius 3 is 2.57 bits per heavy atom. The van der Waals surface area contributed by atoms with Gasteiger partial charge in [-0.25, -0.2) is 0 Å². The summed E-state index contributed by atoms with van der Waals surface area (Å²) in [5, 5.41) is 20.4. The second kappa shape index (κ2) is 14.9. The Morgan fingerprint density at radius 2 is 2.00 bits per heavy atom. The van der Waals surface area contributed by atoms with E-state index in [1.165, 1.54) is 0 Å². The van der Waals surface area contributed by atoms with Gasteiger partial charge in [0.05, 0.1) is 0 Å². The molecule has 0 saturated carbocycles. The van der Waals surface area contributed by atoms with E-state index in [0.717, 1.165) is 54.0 Å². The van der Waals surface area contributed by atoms with Crippen LogP contribution in [0, 0.1) is 9.81 Å². The number of carboxylic acid groups (broad SMARTS) is 1. The van der Waals surface area contributed by atoms with Crippen molar-refractivity contribution >= 4 is 50.0 Å². The van der Waals surface area contributed by atoms with Crippen LogP contribution in [0.4, 0.5) is 0 Å². The number of aliphatic hydroxyl groups excluding tert-OH is 1. The van der Waals surface area contributed by atoms with Crippen molar-refractivity contribution in [3.63, 3.8) is 0 Å². The van der Waals surface area contributed by atoms with Crippen molar-refractivity contribution in [1.29, 1.82) is 0 Å². The molecule has 4 atom stereocenters. The average Bonchev–Trinajstić information content (AvgIpc) is 3.11. The Morgan fingerprint density at radius 1 is 1.29 bits per heavy atom. The molecule has 0 amide bonds. The summed E-state index contributed by atoms with van der Waals surface area (Å²) in [4.78, 5) is 34.2. The first-order valence-corrected chi connectivity index (χ1v) is 15.0. The standard InChI is InChI=1S/C16H31IN4O5S2/c1-3-17(18-2)13-8-10-21(15(13)16(23)24)14(22)7-5-4-6-12(28-20-26)9-11-27-19-25/h12-15,18,22H,3-11H2,1-2H3,(H,23,24). The molecule has 0 radical (unpaired) electrons. The molecule has 28 heavy (non-hydrogen) atoms. The SMILES string of the molecule is CCI(NC)C1CCN(C(O)CCCCC(CCSN=O)SN=O)C1C(=O)O. The Balaban J connectivity index is 2.48. The van der Waals surface area contributed by atoms with Gasteiger partial charge in [0.2, 0.25) is 0 Å². The normalized spacial score (nSPS) is 22.6. The zero-order valence-corrected chi connectivity index (χ0v) is 20.1. The molecule has 1 heterocycles. The van der Waals surface area contributed by atoms with Crippen molar-refractivity contribution in [3.05, 3.63) is 9.81 Å². The molecule has 1 aliphatic heterocycles.